The molecule has 0 radical (unpaired) electrons. The van der Waals surface area contributed by atoms with E-state index in [9.17, 15) is 14.4 Å². The molecule has 2 N–H and O–H groups in total. The Morgan fingerprint density at radius 2 is 1.91 bits per heavy atom. The first-order valence-corrected chi connectivity index (χ1v) is 10.4. The van der Waals surface area contributed by atoms with Crippen molar-refractivity contribution in [2.45, 2.75) is 6.92 Å². The Morgan fingerprint density at radius 1 is 1.16 bits per heavy atom. The highest BCUT2D eigenvalue weighted by atomic mass is 79.9. The van der Waals surface area contributed by atoms with Crippen LogP contribution in [0.15, 0.2) is 46.6 Å². The van der Waals surface area contributed by atoms with Crippen LogP contribution in [0.2, 0.25) is 0 Å². The molecule has 1 heterocycles. The monoisotopic (exact) mass is 503 g/mol. The van der Waals surface area contributed by atoms with Gasteiger partial charge in [0.15, 0.2) is 11.5 Å². The zero-order valence-corrected chi connectivity index (χ0v) is 19.3. The van der Waals surface area contributed by atoms with Gasteiger partial charge in [0.1, 0.15) is 18.0 Å². The summed E-state index contributed by atoms with van der Waals surface area (Å²) in [6, 6.07) is 9.57. The summed E-state index contributed by atoms with van der Waals surface area (Å²) in [5.41, 5.74) is 1.08. The van der Waals surface area contributed by atoms with Crippen molar-refractivity contribution in [3.63, 3.8) is 0 Å². The number of hydrogen-bond acceptors (Lipinski definition) is 6. The first-order chi connectivity index (χ1) is 15.4. The highest BCUT2D eigenvalue weighted by Gasteiger charge is 2.35. The van der Waals surface area contributed by atoms with Gasteiger partial charge in [-0.05, 0) is 58.8 Å². The van der Waals surface area contributed by atoms with E-state index >= 15 is 0 Å². The van der Waals surface area contributed by atoms with Gasteiger partial charge in [-0.2, -0.15) is 0 Å². The largest absolute Gasteiger partial charge is 0.495 e. The van der Waals surface area contributed by atoms with Crippen LogP contribution < -0.4 is 24.8 Å². The third kappa shape index (κ3) is 5.02. The number of amides is 4. The molecular formula is C22H22BrN3O6. The van der Waals surface area contributed by atoms with Crippen molar-refractivity contribution < 1.29 is 28.6 Å². The Bertz CT molecular complexity index is 1090. The fourth-order valence-corrected chi connectivity index (χ4v) is 3.72. The normalized spacial score (nSPS) is 14.4. The van der Waals surface area contributed by atoms with E-state index in [0.29, 0.717) is 39.6 Å². The van der Waals surface area contributed by atoms with Crippen LogP contribution in [-0.4, -0.2) is 50.1 Å². The number of nitrogens with zero attached hydrogens (tertiary/aromatic N) is 1. The summed E-state index contributed by atoms with van der Waals surface area (Å²) >= 11 is 3.41. The molecule has 1 fully saturated rings. The molecular weight excluding hydrogens is 482 g/mol. The number of ether oxygens (including phenoxy) is 3. The minimum absolute atomic E-state index is 0.0413. The maximum Gasteiger partial charge on any atom is 0.329 e. The van der Waals surface area contributed by atoms with Crippen LogP contribution in [0.25, 0.3) is 6.08 Å². The molecule has 2 aromatic carbocycles. The third-order valence-corrected chi connectivity index (χ3v) is 5.08. The molecule has 0 atom stereocenters. The summed E-state index contributed by atoms with van der Waals surface area (Å²) in [5.74, 6) is 0.320. The number of anilines is 1. The lowest BCUT2D eigenvalue weighted by molar-refractivity contribution is -0.127. The first kappa shape index (κ1) is 23.1. The van der Waals surface area contributed by atoms with Gasteiger partial charge < -0.3 is 24.8 Å². The molecule has 10 heteroatoms. The Hall–Kier alpha value is -3.53. The maximum absolute atomic E-state index is 12.8. The second kappa shape index (κ2) is 10.2. The summed E-state index contributed by atoms with van der Waals surface area (Å²) in [4.78, 5) is 38.3. The SMILES string of the molecule is CCOc1cc(/C=C2/NC(=O)N(CC(=O)Nc3ccccc3OC)C2=O)cc(Br)c1OC. The summed E-state index contributed by atoms with van der Waals surface area (Å²) in [6.45, 7) is 1.82. The van der Waals surface area contributed by atoms with E-state index in [1.807, 2.05) is 6.92 Å². The van der Waals surface area contributed by atoms with Gasteiger partial charge in [-0.1, -0.05) is 12.1 Å². The zero-order valence-electron chi connectivity index (χ0n) is 17.7. The Morgan fingerprint density at radius 3 is 2.59 bits per heavy atom. The number of hydrogen-bond donors (Lipinski definition) is 2. The van der Waals surface area contributed by atoms with Crippen molar-refractivity contribution in [1.29, 1.82) is 0 Å². The molecule has 2 aromatic rings. The number of para-hydroxylation sites is 2. The highest BCUT2D eigenvalue weighted by Crippen LogP contribution is 2.37. The molecule has 0 unspecified atom stereocenters. The first-order valence-electron chi connectivity index (χ1n) is 9.65. The molecule has 3 rings (SSSR count). The number of urea groups is 1. The molecule has 168 valence electrons. The van der Waals surface area contributed by atoms with Crippen LogP contribution in [0, 0.1) is 0 Å². The van der Waals surface area contributed by atoms with E-state index in [1.165, 1.54) is 20.3 Å². The molecule has 32 heavy (non-hydrogen) atoms. The van der Waals surface area contributed by atoms with Crippen LogP contribution in [-0.2, 0) is 9.59 Å². The van der Waals surface area contributed by atoms with E-state index in [2.05, 4.69) is 26.6 Å². The second-order valence-corrected chi connectivity index (χ2v) is 7.45. The number of imide groups is 1. The molecule has 0 aliphatic carbocycles. The summed E-state index contributed by atoms with van der Waals surface area (Å²) in [5, 5.41) is 5.14. The van der Waals surface area contributed by atoms with E-state index in [0.717, 1.165) is 4.90 Å². The van der Waals surface area contributed by atoms with Crippen LogP contribution >= 0.6 is 15.9 Å². The molecule has 1 aliphatic heterocycles. The molecule has 0 aromatic heterocycles. The zero-order chi connectivity index (χ0) is 23.3. The van der Waals surface area contributed by atoms with Crippen LogP contribution in [0.3, 0.4) is 0 Å². The minimum Gasteiger partial charge on any atom is -0.495 e. The Kier molecular flexibility index (Phi) is 7.37. The number of carbonyl (C=O) groups excluding carboxylic acids is 3. The standard InChI is InChI=1S/C22H22BrN3O6/c1-4-32-18-11-13(9-14(23)20(18)31-3)10-16-21(28)26(22(29)25-16)12-19(27)24-15-7-5-6-8-17(15)30-2/h5-11H,4,12H2,1-3H3,(H,24,27)(H,25,29)/b16-10+. The number of halogens is 1. The van der Waals surface area contributed by atoms with Crippen LogP contribution in [0.5, 0.6) is 17.2 Å². The van der Waals surface area contributed by atoms with Crippen molar-refractivity contribution >= 4 is 45.5 Å². The van der Waals surface area contributed by atoms with E-state index < -0.39 is 24.4 Å². The van der Waals surface area contributed by atoms with Gasteiger partial charge in [-0.15, -0.1) is 0 Å². The lowest BCUT2D eigenvalue weighted by Gasteiger charge is -2.13. The molecule has 0 spiro atoms. The summed E-state index contributed by atoms with van der Waals surface area (Å²) in [7, 11) is 3.00. The smallest absolute Gasteiger partial charge is 0.329 e. The van der Waals surface area contributed by atoms with E-state index in [4.69, 9.17) is 14.2 Å². The predicted molar refractivity (Wildman–Crippen MR) is 122 cm³/mol. The number of carbonyl (C=O) groups is 3. The quantitative estimate of drug-likeness (QED) is 0.422. The fraction of sp³-hybridized carbons (Fsp3) is 0.227. The molecule has 4 amide bonds. The lowest BCUT2D eigenvalue weighted by Crippen LogP contribution is -2.38. The van der Waals surface area contributed by atoms with Crippen molar-refractivity contribution in [1.82, 2.24) is 10.2 Å². The summed E-state index contributed by atoms with van der Waals surface area (Å²) < 4.78 is 16.7. The second-order valence-electron chi connectivity index (χ2n) is 6.60. The minimum atomic E-state index is -0.686. The molecule has 0 bridgehead atoms. The molecule has 9 nitrogen and oxygen atoms in total. The average molecular weight is 504 g/mol. The van der Waals surface area contributed by atoms with Gasteiger partial charge >= 0.3 is 6.03 Å². The molecule has 0 saturated carbocycles. The van der Waals surface area contributed by atoms with E-state index in [1.54, 1.807) is 36.4 Å². The number of benzene rings is 2. The molecule has 1 aliphatic rings. The molecule has 1 saturated heterocycles. The third-order valence-electron chi connectivity index (χ3n) is 4.49. The Balaban J connectivity index is 1.77. The maximum atomic E-state index is 12.8. The Labute approximate surface area is 193 Å². The lowest BCUT2D eigenvalue weighted by atomic mass is 10.1. The van der Waals surface area contributed by atoms with Gasteiger partial charge in [-0.3, -0.25) is 9.59 Å². The highest BCUT2D eigenvalue weighted by molar-refractivity contribution is 9.10. The van der Waals surface area contributed by atoms with Crippen LogP contribution in [0.4, 0.5) is 10.5 Å². The van der Waals surface area contributed by atoms with Crippen molar-refractivity contribution in [3.05, 3.63) is 52.1 Å². The summed E-state index contributed by atoms with van der Waals surface area (Å²) in [6.07, 6.45) is 1.51. The van der Waals surface area contributed by atoms with Gasteiger partial charge in [-0.25, -0.2) is 9.69 Å². The predicted octanol–water partition coefficient (Wildman–Crippen LogP) is 3.40. The fourth-order valence-electron chi connectivity index (χ4n) is 3.10. The van der Waals surface area contributed by atoms with Crippen molar-refractivity contribution in [3.8, 4) is 17.2 Å². The van der Waals surface area contributed by atoms with Gasteiger partial charge in [0, 0.05) is 0 Å². The van der Waals surface area contributed by atoms with Crippen molar-refractivity contribution in [2.75, 3.05) is 32.7 Å². The average Bonchev–Trinajstić information content (AvgIpc) is 3.01. The van der Waals surface area contributed by atoms with E-state index in [-0.39, 0.29) is 5.70 Å². The van der Waals surface area contributed by atoms with Gasteiger partial charge in [0.2, 0.25) is 5.91 Å². The number of nitrogens with one attached hydrogen (secondary N) is 2. The topological polar surface area (TPSA) is 106 Å². The van der Waals surface area contributed by atoms with Gasteiger partial charge in [0.25, 0.3) is 5.91 Å². The number of rotatable bonds is 8. The van der Waals surface area contributed by atoms with Gasteiger partial charge in [0.05, 0.1) is 31.0 Å². The van der Waals surface area contributed by atoms with Crippen molar-refractivity contribution in [2.24, 2.45) is 0 Å². The number of methoxy groups -OCH3 is 2. The van der Waals surface area contributed by atoms with Crippen LogP contribution in [0.1, 0.15) is 12.5 Å².